The third kappa shape index (κ3) is 2.14. The Labute approximate surface area is 99.1 Å². The van der Waals surface area contributed by atoms with Gasteiger partial charge in [-0.15, -0.1) is 0 Å². The van der Waals surface area contributed by atoms with E-state index in [1.54, 1.807) is 0 Å². The summed E-state index contributed by atoms with van der Waals surface area (Å²) in [7, 11) is 0. The van der Waals surface area contributed by atoms with Crippen molar-refractivity contribution < 1.29 is 4.74 Å². The molecular formula is C14H25NO. The van der Waals surface area contributed by atoms with E-state index in [9.17, 15) is 0 Å². The Bertz CT molecular complexity index is 239. The predicted molar refractivity (Wildman–Crippen MR) is 65.4 cm³/mol. The maximum absolute atomic E-state index is 5.91. The van der Waals surface area contributed by atoms with Crippen LogP contribution >= 0.6 is 0 Å². The van der Waals surface area contributed by atoms with Crippen LogP contribution in [0.5, 0.6) is 0 Å². The Morgan fingerprint density at radius 2 is 1.94 bits per heavy atom. The molecule has 4 atom stereocenters. The molecule has 0 amide bonds. The van der Waals surface area contributed by atoms with Gasteiger partial charge in [-0.2, -0.15) is 0 Å². The summed E-state index contributed by atoms with van der Waals surface area (Å²) in [5, 5.41) is 3.93. The van der Waals surface area contributed by atoms with Gasteiger partial charge in [0.1, 0.15) is 0 Å². The first-order chi connectivity index (χ1) is 7.88. The molecule has 1 aliphatic heterocycles. The Hall–Kier alpha value is -0.0800. The zero-order chi connectivity index (χ0) is 11.0. The van der Waals surface area contributed by atoms with E-state index >= 15 is 0 Å². The van der Waals surface area contributed by atoms with Crippen LogP contribution in [0.2, 0.25) is 0 Å². The van der Waals surface area contributed by atoms with Gasteiger partial charge in [0.25, 0.3) is 0 Å². The van der Waals surface area contributed by atoms with Gasteiger partial charge in [0.15, 0.2) is 0 Å². The van der Waals surface area contributed by atoms with Crippen molar-refractivity contribution in [3.63, 3.8) is 0 Å². The Morgan fingerprint density at radius 3 is 2.69 bits per heavy atom. The second-order valence-corrected chi connectivity index (χ2v) is 5.94. The van der Waals surface area contributed by atoms with Crippen LogP contribution in [0.25, 0.3) is 0 Å². The summed E-state index contributed by atoms with van der Waals surface area (Å²) >= 11 is 0. The Morgan fingerprint density at radius 1 is 1.06 bits per heavy atom. The van der Waals surface area contributed by atoms with Crippen molar-refractivity contribution in [1.29, 1.82) is 0 Å². The Kier molecular flexibility index (Phi) is 3.21. The largest absolute Gasteiger partial charge is 0.376 e. The molecule has 2 aliphatic carbocycles. The van der Waals surface area contributed by atoms with E-state index < -0.39 is 0 Å². The molecule has 3 fully saturated rings. The monoisotopic (exact) mass is 223 g/mol. The number of rotatable bonds is 4. The molecular weight excluding hydrogens is 198 g/mol. The first-order valence-electron chi connectivity index (χ1n) is 7.26. The van der Waals surface area contributed by atoms with Gasteiger partial charge in [-0.3, -0.25) is 0 Å². The first kappa shape index (κ1) is 11.0. The summed E-state index contributed by atoms with van der Waals surface area (Å²) in [6.07, 6.45) is 10.2. The van der Waals surface area contributed by atoms with Gasteiger partial charge >= 0.3 is 0 Å². The fourth-order valence-corrected chi connectivity index (χ4v) is 3.70. The minimum atomic E-state index is 0.554. The van der Waals surface area contributed by atoms with Gasteiger partial charge in [0, 0.05) is 18.7 Å². The van der Waals surface area contributed by atoms with Crippen molar-refractivity contribution in [2.24, 2.45) is 11.8 Å². The molecule has 3 rings (SSSR count). The quantitative estimate of drug-likeness (QED) is 0.791. The summed E-state index contributed by atoms with van der Waals surface area (Å²) in [5.74, 6) is 1.82. The number of nitrogens with one attached hydrogen (secondary N) is 1. The second-order valence-electron chi connectivity index (χ2n) is 5.94. The highest BCUT2D eigenvalue weighted by Gasteiger charge is 2.42. The van der Waals surface area contributed by atoms with Gasteiger partial charge in [-0.05, 0) is 43.9 Å². The van der Waals surface area contributed by atoms with E-state index in [0.717, 1.165) is 24.5 Å². The third-order valence-electron chi connectivity index (χ3n) is 4.83. The van der Waals surface area contributed by atoms with Crippen LogP contribution in [0, 0.1) is 11.8 Å². The summed E-state index contributed by atoms with van der Waals surface area (Å²) in [5.41, 5.74) is 0. The standard InChI is InChI=1S/C14H25NO/c1-2-10-4-3-5-12(10)15-13-8-9-16-14(13)11-6-7-11/h10-15H,2-9H2,1H3. The lowest BCUT2D eigenvalue weighted by atomic mass is 9.98. The zero-order valence-corrected chi connectivity index (χ0v) is 10.5. The number of hydrogen-bond acceptors (Lipinski definition) is 2. The van der Waals surface area contributed by atoms with Crippen molar-refractivity contribution in [1.82, 2.24) is 5.32 Å². The van der Waals surface area contributed by atoms with Crippen molar-refractivity contribution in [2.75, 3.05) is 6.61 Å². The molecule has 2 saturated carbocycles. The maximum Gasteiger partial charge on any atom is 0.0757 e. The molecule has 0 aromatic rings. The Balaban J connectivity index is 1.56. The van der Waals surface area contributed by atoms with Crippen LogP contribution in [0.15, 0.2) is 0 Å². The van der Waals surface area contributed by atoms with Gasteiger partial charge in [-0.1, -0.05) is 19.8 Å². The normalized spacial score (nSPS) is 44.1. The summed E-state index contributed by atoms with van der Waals surface area (Å²) in [4.78, 5) is 0. The fourth-order valence-electron chi connectivity index (χ4n) is 3.70. The molecule has 92 valence electrons. The maximum atomic E-state index is 5.91. The summed E-state index contributed by atoms with van der Waals surface area (Å²) in [6, 6.07) is 1.46. The minimum Gasteiger partial charge on any atom is -0.376 e. The van der Waals surface area contributed by atoms with Crippen molar-refractivity contribution in [2.45, 2.75) is 70.1 Å². The smallest absolute Gasteiger partial charge is 0.0757 e. The topological polar surface area (TPSA) is 21.3 Å². The molecule has 1 heterocycles. The average molecular weight is 223 g/mol. The fraction of sp³-hybridized carbons (Fsp3) is 1.00. The summed E-state index contributed by atoms with van der Waals surface area (Å²) in [6.45, 7) is 3.33. The highest BCUT2D eigenvalue weighted by atomic mass is 16.5. The first-order valence-corrected chi connectivity index (χ1v) is 7.26. The molecule has 0 aromatic carbocycles. The van der Waals surface area contributed by atoms with Crippen LogP contribution in [0.1, 0.15) is 51.9 Å². The molecule has 1 N–H and O–H groups in total. The molecule has 16 heavy (non-hydrogen) atoms. The third-order valence-corrected chi connectivity index (χ3v) is 4.83. The average Bonchev–Trinajstić information content (AvgIpc) is 2.88. The van der Waals surface area contributed by atoms with Crippen LogP contribution in [0.4, 0.5) is 0 Å². The van der Waals surface area contributed by atoms with Crippen LogP contribution < -0.4 is 5.32 Å². The van der Waals surface area contributed by atoms with E-state index in [1.165, 1.54) is 44.9 Å². The second kappa shape index (κ2) is 4.66. The van der Waals surface area contributed by atoms with E-state index in [0.29, 0.717) is 12.1 Å². The van der Waals surface area contributed by atoms with Crippen LogP contribution in [0.3, 0.4) is 0 Å². The van der Waals surface area contributed by atoms with E-state index in [-0.39, 0.29) is 0 Å². The van der Waals surface area contributed by atoms with Crippen LogP contribution in [-0.2, 0) is 4.74 Å². The van der Waals surface area contributed by atoms with Gasteiger partial charge in [0.2, 0.25) is 0 Å². The molecule has 0 spiro atoms. The highest BCUT2D eigenvalue weighted by Crippen LogP contribution is 2.39. The molecule has 2 heteroatoms. The van der Waals surface area contributed by atoms with Crippen molar-refractivity contribution in [3.8, 4) is 0 Å². The molecule has 1 saturated heterocycles. The molecule has 2 nitrogen and oxygen atoms in total. The van der Waals surface area contributed by atoms with E-state index in [2.05, 4.69) is 12.2 Å². The lowest BCUT2D eigenvalue weighted by Crippen LogP contribution is -2.45. The van der Waals surface area contributed by atoms with Crippen molar-refractivity contribution in [3.05, 3.63) is 0 Å². The molecule has 0 radical (unpaired) electrons. The van der Waals surface area contributed by atoms with Crippen LogP contribution in [-0.4, -0.2) is 24.8 Å². The van der Waals surface area contributed by atoms with Crippen molar-refractivity contribution >= 4 is 0 Å². The molecule has 0 aromatic heterocycles. The predicted octanol–water partition coefficient (Wildman–Crippen LogP) is 2.72. The van der Waals surface area contributed by atoms with Gasteiger partial charge in [-0.25, -0.2) is 0 Å². The highest BCUT2D eigenvalue weighted by molar-refractivity contribution is 4.96. The SMILES string of the molecule is CCC1CCCC1NC1CCOC1C1CC1. The van der Waals surface area contributed by atoms with E-state index in [1.807, 2.05) is 0 Å². The number of hydrogen-bond donors (Lipinski definition) is 1. The lowest BCUT2D eigenvalue weighted by molar-refractivity contribution is 0.0776. The lowest BCUT2D eigenvalue weighted by Gasteiger charge is -2.27. The van der Waals surface area contributed by atoms with E-state index in [4.69, 9.17) is 4.74 Å². The number of ether oxygens (including phenoxy) is 1. The summed E-state index contributed by atoms with van der Waals surface area (Å²) < 4.78 is 5.91. The minimum absolute atomic E-state index is 0.554. The molecule has 0 bridgehead atoms. The van der Waals surface area contributed by atoms with Gasteiger partial charge < -0.3 is 10.1 Å². The molecule has 3 aliphatic rings. The van der Waals surface area contributed by atoms with Gasteiger partial charge in [0.05, 0.1) is 6.10 Å². The zero-order valence-electron chi connectivity index (χ0n) is 10.5. The molecule has 4 unspecified atom stereocenters.